The molecule has 3 rings (SSSR count). The fourth-order valence-corrected chi connectivity index (χ4v) is 3.06. The number of hydrogen-bond donors (Lipinski definition) is 2. The third kappa shape index (κ3) is 4.62. The number of carbonyl (C=O) groups is 1. The average molecular weight is 432 g/mol. The summed E-state index contributed by atoms with van der Waals surface area (Å²) in [5.74, 6) is -0.376. The van der Waals surface area contributed by atoms with Gasteiger partial charge >= 0.3 is 5.69 Å². The Morgan fingerprint density at radius 2 is 2.04 bits per heavy atom. The molecule has 0 bridgehead atoms. The van der Waals surface area contributed by atoms with Crippen LogP contribution in [0.2, 0.25) is 0 Å². The molecule has 0 atom stereocenters. The molecule has 0 aliphatic rings. The maximum Gasteiger partial charge on any atom is 0.328 e. The van der Waals surface area contributed by atoms with Crippen molar-refractivity contribution in [1.82, 2.24) is 19.3 Å². The van der Waals surface area contributed by atoms with Crippen molar-refractivity contribution >= 4 is 27.5 Å². The highest BCUT2D eigenvalue weighted by atomic mass is 79.9. The second-order valence-corrected chi connectivity index (χ2v) is 7.05. The topological polar surface area (TPSA) is 102 Å². The number of aryl methyl sites for hydroxylation is 2. The molecular formula is C18H18BrN5O3. The van der Waals surface area contributed by atoms with E-state index in [0.717, 1.165) is 21.5 Å². The lowest BCUT2D eigenvalue weighted by atomic mass is 10.2. The zero-order valence-electron chi connectivity index (χ0n) is 14.8. The Balaban J connectivity index is 1.71. The molecule has 0 aliphatic heterocycles. The first kappa shape index (κ1) is 18.8. The predicted octanol–water partition coefficient (Wildman–Crippen LogP) is 1.80. The molecule has 0 spiro atoms. The van der Waals surface area contributed by atoms with Gasteiger partial charge in [-0.3, -0.25) is 23.8 Å². The van der Waals surface area contributed by atoms with Crippen molar-refractivity contribution in [2.45, 2.75) is 26.9 Å². The van der Waals surface area contributed by atoms with Gasteiger partial charge in [-0.2, -0.15) is 5.10 Å². The summed E-state index contributed by atoms with van der Waals surface area (Å²) < 4.78 is 3.20. The largest absolute Gasteiger partial charge is 0.328 e. The van der Waals surface area contributed by atoms with Crippen LogP contribution in [0.3, 0.4) is 0 Å². The van der Waals surface area contributed by atoms with Crippen molar-refractivity contribution in [3.05, 3.63) is 78.8 Å². The van der Waals surface area contributed by atoms with Crippen LogP contribution in [-0.4, -0.2) is 25.2 Å². The van der Waals surface area contributed by atoms with Gasteiger partial charge in [-0.25, -0.2) is 4.79 Å². The van der Waals surface area contributed by atoms with Crippen molar-refractivity contribution in [1.29, 1.82) is 0 Å². The van der Waals surface area contributed by atoms with Crippen LogP contribution in [0.4, 0.5) is 5.69 Å². The number of aromatic nitrogens is 4. The van der Waals surface area contributed by atoms with E-state index in [1.807, 2.05) is 42.8 Å². The molecule has 0 saturated heterocycles. The Kier molecular flexibility index (Phi) is 5.41. The molecule has 2 aromatic heterocycles. The Labute approximate surface area is 163 Å². The maximum absolute atomic E-state index is 12.3. The van der Waals surface area contributed by atoms with Gasteiger partial charge in [0.05, 0.1) is 16.7 Å². The summed E-state index contributed by atoms with van der Waals surface area (Å²) in [7, 11) is 0. The molecule has 0 aliphatic carbocycles. The van der Waals surface area contributed by atoms with Crippen molar-refractivity contribution < 1.29 is 4.79 Å². The van der Waals surface area contributed by atoms with Gasteiger partial charge < -0.3 is 5.32 Å². The predicted molar refractivity (Wildman–Crippen MR) is 105 cm³/mol. The van der Waals surface area contributed by atoms with Crippen LogP contribution in [0.25, 0.3) is 0 Å². The van der Waals surface area contributed by atoms with Crippen LogP contribution >= 0.6 is 15.9 Å². The van der Waals surface area contributed by atoms with Gasteiger partial charge in [0, 0.05) is 17.6 Å². The van der Waals surface area contributed by atoms with E-state index in [9.17, 15) is 14.4 Å². The van der Waals surface area contributed by atoms with E-state index >= 15 is 0 Å². The number of benzene rings is 1. The summed E-state index contributed by atoms with van der Waals surface area (Å²) in [6.07, 6.45) is 1.29. The maximum atomic E-state index is 12.3. The summed E-state index contributed by atoms with van der Waals surface area (Å²) >= 11 is 3.04. The van der Waals surface area contributed by atoms with Crippen LogP contribution < -0.4 is 16.6 Å². The van der Waals surface area contributed by atoms with Gasteiger partial charge in [0.2, 0.25) is 5.91 Å². The molecule has 0 saturated carbocycles. The number of halogens is 1. The van der Waals surface area contributed by atoms with E-state index in [2.05, 4.69) is 31.3 Å². The van der Waals surface area contributed by atoms with E-state index < -0.39 is 11.2 Å². The summed E-state index contributed by atoms with van der Waals surface area (Å²) in [6, 6.07) is 9.44. The molecule has 0 fully saturated rings. The molecule has 140 valence electrons. The van der Waals surface area contributed by atoms with E-state index in [1.54, 1.807) is 6.07 Å². The highest BCUT2D eigenvalue weighted by molar-refractivity contribution is 9.10. The molecule has 1 aromatic carbocycles. The van der Waals surface area contributed by atoms with E-state index in [0.29, 0.717) is 12.2 Å². The first-order chi connectivity index (χ1) is 12.8. The number of nitrogens with zero attached hydrogens (tertiary/aromatic N) is 3. The normalized spacial score (nSPS) is 10.8. The SMILES string of the molecule is Cc1cc(C)n(Cc2cccc(NC(=O)Cn3cc(Br)c(=O)[nH]c3=O)c2)n1. The lowest BCUT2D eigenvalue weighted by molar-refractivity contribution is -0.116. The number of H-pyrrole nitrogens is 1. The number of amides is 1. The van der Waals surface area contributed by atoms with E-state index in [4.69, 9.17) is 0 Å². The quantitative estimate of drug-likeness (QED) is 0.642. The lowest BCUT2D eigenvalue weighted by Gasteiger charge is -2.10. The number of anilines is 1. The van der Waals surface area contributed by atoms with Crippen LogP contribution in [-0.2, 0) is 17.9 Å². The molecule has 8 nitrogen and oxygen atoms in total. The smallest absolute Gasteiger partial charge is 0.325 e. The zero-order chi connectivity index (χ0) is 19.6. The molecule has 0 radical (unpaired) electrons. The lowest BCUT2D eigenvalue weighted by Crippen LogP contribution is -2.33. The summed E-state index contributed by atoms with van der Waals surface area (Å²) in [4.78, 5) is 37.5. The van der Waals surface area contributed by atoms with Gasteiger partial charge in [0.25, 0.3) is 5.56 Å². The molecular weight excluding hydrogens is 414 g/mol. The number of carbonyl (C=O) groups excluding carboxylic acids is 1. The number of rotatable bonds is 5. The van der Waals surface area contributed by atoms with Crippen molar-refractivity contribution in [2.75, 3.05) is 5.32 Å². The summed E-state index contributed by atoms with van der Waals surface area (Å²) in [5.41, 5.74) is 2.45. The molecule has 1 amide bonds. The van der Waals surface area contributed by atoms with Crippen LogP contribution in [0, 0.1) is 13.8 Å². The fourth-order valence-electron chi connectivity index (χ4n) is 2.71. The zero-order valence-corrected chi connectivity index (χ0v) is 16.4. The first-order valence-corrected chi connectivity index (χ1v) is 9.00. The monoisotopic (exact) mass is 431 g/mol. The minimum atomic E-state index is -0.642. The molecule has 3 aromatic rings. The van der Waals surface area contributed by atoms with Crippen LogP contribution in [0.5, 0.6) is 0 Å². The molecule has 0 unspecified atom stereocenters. The minimum Gasteiger partial charge on any atom is -0.325 e. The van der Waals surface area contributed by atoms with Gasteiger partial charge in [0.15, 0.2) is 0 Å². The second kappa shape index (κ2) is 7.75. The van der Waals surface area contributed by atoms with E-state index in [1.165, 1.54) is 6.20 Å². The van der Waals surface area contributed by atoms with Crippen molar-refractivity contribution in [2.24, 2.45) is 0 Å². The second-order valence-electron chi connectivity index (χ2n) is 6.20. The molecule has 2 N–H and O–H groups in total. The third-order valence-corrected chi connectivity index (χ3v) is 4.49. The van der Waals surface area contributed by atoms with Gasteiger partial charge in [-0.1, -0.05) is 12.1 Å². The fraction of sp³-hybridized carbons (Fsp3) is 0.222. The number of hydrogen-bond acceptors (Lipinski definition) is 4. The van der Waals surface area contributed by atoms with Crippen molar-refractivity contribution in [3.63, 3.8) is 0 Å². The van der Waals surface area contributed by atoms with Crippen LogP contribution in [0.15, 0.2) is 50.6 Å². The number of nitrogens with one attached hydrogen (secondary N) is 2. The Bertz CT molecular complexity index is 1110. The highest BCUT2D eigenvalue weighted by Gasteiger charge is 2.09. The van der Waals surface area contributed by atoms with Gasteiger partial charge in [-0.05, 0) is 53.5 Å². The average Bonchev–Trinajstić information content (AvgIpc) is 2.90. The Morgan fingerprint density at radius 3 is 2.74 bits per heavy atom. The van der Waals surface area contributed by atoms with Gasteiger partial charge in [0.1, 0.15) is 6.54 Å². The molecule has 27 heavy (non-hydrogen) atoms. The van der Waals surface area contributed by atoms with Crippen LogP contribution in [0.1, 0.15) is 17.0 Å². The minimum absolute atomic E-state index is 0.182. The highest BCUT2D eigenvalue weighted by Crippen LogP contribution is 2.13. The summed E-state index contributed by atoms with van der Waals surface area (Å²) in [5, 5.41) is 7.20. The van der Waals surface area contributed by atoms with Gasteiger partial charge in [-0.15, -0.1) is 0 Å². The Morgan fingerprint density at radius 1 is 1.26 bits per heavy atom. The summed E-state index contributed by atoms with van der Waals surface area (Å²) in [6.45, 7) is 4.31. The molecule has 9 heteroatoms. The number of aromatic amines is 1. The molecule has 2 heterocycles. The Hall–Kier alpha value is -2.94. The third-order valence-electron chi connectivity index (χ3n) is 3.93. The van der Waals surface area contributed by atoms with Crippen molar-refractivity contribution in [3.8, 4) is 0 Å². The standard InChI is InChI=1S/C18H18BrN5O3/c1-11-6-12(2)24(22-11)8-13-4-3-5-14(7-13)20-16(25)10-23-9-15(19)17(26)21-18(23)27/h3-7,9H,8,10H2,1-2H3,(H,20,25)(H,21,26,27). The van der Waals surface area contributed by atoms with E-state index in [-0.39, 0.29) is 16.9 Å². The first-order valence-electron chi connectivity index (χ1n) is 8.21.